The lowest BCUT2D eigenvalue weighted by atomic mass is 9.97. The summed E-state index contributed by atoms with van der Waals surface area (Å²) in [6, 6.07) is 0.442. The van der Waals surface area contributed by atoms with E-state index in [4.69, 9.17) is 10.5 Å². The Kier molecular flexibility index (Phi) is 5.18. The van der Waals surface area contributed by atoms with E-state index in [1.54, 1.807) is 7.11 Å². The molecule has 0 saturated carbocycles. The second-order valence-electron chi connectivity index (χ2n) is 5.40. The first kappa shape index (κ1) is 13.9. The number of likely N-dealkylation sites (N-methyl/N-ethyl adjacent to an activating group) is 1. The Morgan fingerprint density at radius 1 is 1.44 bits per heavy atom. The SMILES string of the molecule is COCCN1C(CN)CN(C)CCC1(C)C. The van der Waals surface area contributed by atoms with Gasteiger partial charge >= 0.3 is 0 Å². The molecule has 96 valence electrons. The molecule has 1 saturated heterocycles. The molecule has 0 bridgehead atoms. The third kappa shape index (κ3) is 3.42. The summed E-state index contributed by atoms with van der Waals surface area (Å²) in [4.78, 5) is 4.89. The van der Waals surface area contributed by atoms with Crippen molar-refractivity contribution in [2.75, 3.05) is 46.9 Å². The lowest BCUT2D eigenvalue weighted by Gasteiger charge is -2.41. The molecule has 4 heteroatoms. The van der Waals surface area contributed by atoms with Crippen molar-refractivity contribution >= 4 is 0 Å². The predicted octanol–water partition coefficient (Wildman–Crippen LogP) is 0.376. The topological polar surface area (TPSA) is 41.7 Å². The van der Waals surface area contributed by atoms with Gasteiger partial charge < -0.3 is 15.4 Å². The maximum atomic E-state index is 5.91. The first-order valence-corrected chi connectivity index (χ1v) is 6.15. The summed E-state index contributed by atoms with van der Waals surface area (Å²) in [7, 11) is 3.94. The van der Waals surface area contributed by atoms with Gasteiger partial charge in [-0.2, -0.15) is 0 Å². The Balaban J connectivity index is 2.75. The molecule has 1 heterocycles. The summed E-state index contributed by atoms with van der Waals surface area (Å²) in [6.07, 6.45) is 1.18. The van der Waals surface area contributed by atoms with Crippen molar-refractivity contribution in [2.24, 2.45) is 5.73 Å². The van der Waals surface area contributed by atoms with Gasteiger partial charge in [-0.1, -0.05) is 0 Å². The van der Waals surface area contributed by atoms with Gasteiger partial charge in [-0.05, 0) is 33.9 Å². The number of nitrogens with two attached hydrogens (primary N) is 1. The van der Waals surface area contributed by atoms with Crippen LogP contribution in [-0.4, -0.2) is 68.3 Å². The Morgan fingerprint density at radius 2 is 2.12 bits per heavy atom. The van der Waals surface area contributed by atoms with Crippen molar-refractivity contribution in [3.63, 3.8) is 0 Å². The maximum absolute atomic E-state index is 5.91. The zero-order valence-corrected chi connectivity index (χ0v) is 11.2. The van der Waals surface area contributed by atoms with E-state index in [-0.39, 0.29) is 5.54 Å². The molecular formula is C12H27N3O. The van der Waals surface area contributed by atoms with Gasteiger partial charge in [0, 0.05) is 38.3 Å². The number of ether oxygens (including phenoxy) is 1. The lowest BCUT2D eigenvalue weighted by molar-refractivity contribution is 0.0472. The van der Waals surface area contributed by atoms with Crippen molar-refractivity contribution in [3.8, 4) is 0 Å². The fourth-order valence-electron chi connectivity index (χ4n) is 2.53. The first-order chi connectivity index (χ1) is 7.51. The average molecular weight is 229 g/mol. The van der Waals surface area contributed by atoms with Crippen LogP contribution < -0.4 is 5.73 Å². The molecule has 1 aliphatic rings. The lowest BCUT2D eigenvalue weighted by Crippen LogP contribution is -2.54. The number of nitrogens with zero attached hydrogens (tertiary/aromatic N) is 2. The summed E-state index contributed by atoms with van der Waals surface area (Å²) in [5, 5.41) is 0. The zero-order valence-electron chi connectivity index (χ0n) is 11.2. The number of hydrogen-bond acceptors (Lipinski definition) is 4. The van der Waals surface area contributed by atoms with E-state index < -0.39 is 0 Å². The minimum Gasteiger partial charge on any atom is -0.383 e. The van der Waals surface area contributed by atoms with Crippen LogP contribution in [0.2, 0.25) is 0 Å². The molecule has 1 atom stereocenters. The highest BCUT2D eigenvalue weighted by Crippen LogP contribution is 2.24. The standard InChI is InChI=1S/C12H27N3O/c1-12(2)5-6-14(3)10-11(9-13)15(12)7-8-16-4/h11H,5-10,13H2,1-4H3. The Labute approximate surface area is 99.7 Å². The van der Waals surface area contributed by atoms with Gasteiger partial charge in [0.25, 0.3) is 0 Å². The van der Waals surface area contributed by atoms with Crippen LogP contribution in [0, 0.1) is 0 Å². The Bertz CT molecular complexity index is 208. The summed E-state index contributed by atoms with van der Waals surface area (Å²) < 4.78 is 5.20. The molecule has 16 heavy (non-hydrogen) atoms. The van der Waals surface area contributed by atoms with Crippen molar-refractivity contribution in [1.82, 2.24) is 9.80 Å². The van der Waals surface area contributed by atoms with Gasteiger partial charge in [0.2, 0.25) is 0 Å². The summed E-state index contributed by atoms with van der Waals surface area (Å²) in [5.74, 6) is 0. The molecule has 0 aromatic carbocycles. The van der Waals surface area contributed by atoms with Gasteiger partial charge in [-0.25, -0.2) is 0 Å². The van der Waals surface area contributed by atoms with Crippen LogP contribution in [0.4, 0.5) is 0 Å². The maximum Gasteiger partial charge on any atom is 0.0590 e. The minimum atomic E-state index is 0.216. The van der Waals surface area contributed by atoms with Crippen LogP contribution in [0.1, 0.15) is 20.3 Å². The second-order valence-corrected chi connectivity index (χ2v) is 5.40. The molecule has 0 amide bonds. The van der Waals surface area contributed by atoms with E-state index >= 15 is 0 Å². The molecule has 2 N–H and O–H groups in total. The van der Waals surface area contributed by atoms with E-state index in [2.05, 4.69) is 30.7 Å². The largest absolute Gasteiger partial charge is 0.383 e. The van der Waals surface area contributed by atoms with Gasteiger partial charge in [-0.3, -0.25) is 4.90 Å². The van der Waals surface area contributed by atoms with Crippen LogP contribution in [0.25, 0.3) is 0 Å². The number of methoxy groups -OCH3 is 1. The molecular weight excluding hydrogens is 202 g/mol. The van der Waals surface area contributed by atoms with E-state index in [1.807, 2.05) is 0 Å². The zero-order chi connectivity index (χ0) is 12.2. The van der Waals surface area contributed by atoms with E-state index in [0.717, 1.165) is 32.8 Å². The smallest absolute Gasteiger partial charge is 0.0590 e. The van der Waals surface area contributed by atoms with Crippen LogP contribution in [0.5, 0.6) is 0 Å². The molecule has 0 spiro atoms. The van der Waals surface area contributed by atoms with Crippen LogP contribution >= 0.6 is 0 Å². The highest BCUT2D eigenvalue weighted by Gasteiger charge is 2.34. The second kappa shape index (κ2) is 5.96. The molecule has 0 aliphatic carbocycles. The van der Waals surface area contributed by atoms with Gasteiger partial charge in [-0.15, -0.1) is 0 Å². The number of hydrogen-bond donors (Lipinski definition) is 1. The molecule has 1 aliphatic heterocycles. The number of rotatable bonds is 4. The average Bonchev–Trinajstić information content (AvgIpc) is 2.34. The van der Waals surface area contributed by atoms with Gasteiger partial charge in [0.1, 0.15) is 0 Å². The van der Waals surface area contributed by atoms with Crippen molar-refractivity contribution in [2.45, 2.75) is 31.8 Å². The van der Waals surface area contributed by atoms with Crippen LogP contribution in [-0.2, 0) is 4.74 Å². The third-order valence-corrected chi connectivity index (χ3v) is 3.65. The predicted molar refractivity (Wildman–Crippen MR) is 67.6 cm³/mol. The first-order valence-electron chi connectivity index (χ1n) is 6.15. The molecule has 1 rings (SSSR count). The molecule has 4 nitrogen and oxygen atoms in total. The molecule has 0 aromatic heterocycles. The fourth-order valence-corrected chi connectivity index (χ4v) is 2.53. The Hall–Kier alpha value is -0.160. The molecule has 0 aromatic rings. The van der Waals surface area contributed by atoms with E-state index in [1.165, 1.54) is 6.42 Å². The fraction of sp³-hybridized carbons (Fsp3) is 1.00. The minimum absolute atomic E-state index is 0.216. The monoisotopic (exact) mass is 229 g/mol. The van der Waals surface area contributed by atoms with Crippen molar-refractivity contribution < 1.29 is 4.74 Å². The normalized spacial score (nSPS) is 27.9. The van der Waals surface area contributed by atoms with Gasteiger partial charge in [0.15, 0.2) is 0 Å². The molecule has 1 unspecified atom stereocenters. The van der Waals surface area contributed by atoms with Crippen LogP contribution in [0.15, 0.2) is 0 Å². The van der Waals surface area contributed by atoms with Crippen molar-refractivity contribution in [1.29, 1.82) is 0 Å². The van der Waals surface area contributed by atoms with Gasteiger partial charge in [0.05, 0.1) is 6.61 Å². The summed E-state index contributed by atoms with van der Waals surface area (Å²) in [5.41, 5.74) is 6.12. The van der Waals surface area contributed by atoms with E-state index in [9.17, 15) is 0 Å². The summed E-state index contributed by atoms with van der Waals surface area (Å²) >= 11 is 0. The quantitative estimate of drug-likeness (QED) is 0.756. The highest BCUT2D eigenvalue weighted by molar-refractivity contribution is 4.92. The molecule has 1 fully saturated rings. The van der Waals surface area contributed by atoms with Crippen molar-refractivity contribution in [3.05, 3.63) is 0 Å². The Morgan fingerprint density at radius 3 is 2.69 bits per heavy atom. The third-order valence-electron chi connectivity index (χ3n) is 3.65. The highest BCUT2D eigenvalue weighted by atomic mass is 16.5. The molecule has 0 radical (unpaired) electrons. The van der Waals surface area contributed by atoms with E-state index in [0.29, 0.717) is 6.04 Å². The van der Waals surface area contributed by atoms with Crippen LogP contribution in [0.3, 0.4) is 0 Å². The summed E-state index contributed by atoms with van der Waals surface area (Å²) in [6.45, 7) is 9.30.